The maximum absolute atomic E-state index is 14.0. The van der Waals surface area contributed by atoms with Crippen molar-refractivity contribution in [1.29, 1.82) is 0 Å². The molecule has 0 N–H and O–H groups in total. The van der Waals surface area contributed by atoms with Crippen LogP contribution >= 0.6 is 0 Å². The highest BCUT2D eigenvalue weighted by atomic mass is 19.1. The van der Waals surface area contributed by atoms with Gasteiger partial charge in [-0.3, -0.25) is 9.97 Å². The zero-order chi connectivity index (χ0) is 18.5. The molecule has 4 nitrogen and oxygen atoms in total. The minimum Gasteiger partial charge on any atom is -0.327 e. The van der Waals surface area contributed by atoms with Crippen LogP contribution in [-0.2, 0) is 13.0 Å². The quantitative estimate of drug-likeness (QED) is 0.514. The van der Waals surface area contributed by atoms with Crippen molar-refractivity contribution >= 4 is 11.0 Å². The van der Waals surface area contributed by atoms with Crippen molar-refractivity contribution in [2.24, 2.45) is 0 Å². The second-order valence-electron chi connectivity index (χ2n) is 7.09. The van der Waals surface area contributed by atoms with Gasteiger partial charge in [0.2, 0.25) is 0 Å². The molecule has 0 saturated heterocycles. The van der Waals surface area contributed by atoms with Crippen molar-refractivity contribution in [2.45, 2.75) is 33.2 Å². The molecule has 0 bridgehead atoms. The van der Waals surface area contributed by atoms with Gasteiger partial charge in [0.05, 0.1) is 22.4 Å². The first-order valence-electron chi connectivity index (χ1n) is 9.20. The van der Waals surface area contributed by atoms with Gasteiger partial charge in [-0.05, 0) is 55.7 Å². The number of hydrogen-bond acceptors (Lipinski definition) is 3. The van der Waals surface area contributed by atoms with Crippen LogP contribution in [0.2, 0.25) is 0 Å². The highest BCUT2D eigenvalue weighted by molar-refractivity contribution is 5.86. The lowest BCUT2D eigenvalue weighted by molar-refractivity contribution is 0.617. The Morgan fingerprint density at radius 1 is 0.963 bits per heavy atom. The topological polar surface area (TPSA) is 43.6 Å². The Balaban J connectivity index is 1.78. The van der Waals surface area contributed by atoms with Crippen LogP contribution in [0.1, 0.15) is 23.4 Å². The van der Waals surface area contributed by atoms with E-state index in [0.29, 0.717) is 5.56 Å². The van der Waals surface area contributed by atoms with Crippen LogP contribution in [0.3, 0.4) is 0 Å². The van der Waals surface area contributed by atoms with Gasteiger partial charge in [0.1, 0.15) is 11.6 Å². The fourth-order valence-corrected chi connectivity index (χ4v) is 3.96. The Labute approximate surface area is 156 Å². The van der Waals surface area contributed by atoms with E-state index in [1.165, 1.54) is 6.07 Å². The smallest absolute Gasteiger partial charge is 0.126 e. The molecule has 0 unspecified atom stereocenters. The van der Waals surface area contributed by atoms with Gasteiger partial charge in [-0.1, -0.05) is 6.07 Å². The Morgan fingerprint density at radius 2 is 1.78 bits per heavy atom. The first-order valence-corrected chi connectivity index (χ1v) is 9.20. The Bertz CT molecular complexity index is 1190. The van der Waals surface area contributed by atoms with Crippen LogP contribution < -0.4 is 0 Å². The molecule has 2 aromatic carbocycles. The van der Waals surface area contributed by atoms with E-state index in [1.807, 2.05) is 26.0 Å². The van der Waals surface area contributed by atoms with Crippen molar-refractivity contribution in [2.75, 3.05) is 0 Å². The third-order valence-electron chi connectivity index (χ3n) is 5.55. The first-order chi connectivity index (χ1) is 13.1. The molecule has 3 heterocycles. The van der Waals surface area contributed by atoms with Gasteiger partial charge in [-0.15, -0.1) is 0 Å². The van der Waals surface area contributed by atoms with Gasteiger partial charge in [0, 0.05) is 36.5 Å². The number of rotatable bonds is 2. The van der Waals surface area contributed by atoms with Crippen LogP contribution in [0.4, 0.5) is 4.39 Å². The van der Waals surface area contributed by atoms with Gasteiger partial charge >= 0.3 is 0 Å². The number of imidazole rings is 1. The predicted octanol–water partition coefficient (Wildman–Crippen LogP) is 4.86. The summed E-state index contributed by atoms with van der Waals surface area (Å²) in [6.45, 7) is 4.74. The van der Waals surface area contributed by atoms with E-state index in [9.17, 15) is 4.39 Å². The lowest BCUT2D eigenvalue weighted by Gasteiger charge is -2.12. The SMILES string of the molecule is Cc1c(F)ccc(-c2nc3n(c2-c2ccc4nccnc4c2)CCC3)c1C. The Hall–Kier alpha value is -3.08. The maximum atomic E-state index is 14.0. The normalized spacial score (nSPS) is 13.3. The summed E-state index contributed by atoms with van der Waals surface area (Å²) in [6.07, 6.45) is 5.49. The van der Waals surface area contributed by atoms with Crippen LogP contribution in [0, 0.1) is 19.7 Å². The third kappa shape index (κ3) is 2.46. The van der Waals surface area contributed by atoms with Crippen molar-refractivity contribution in [3.8, 4) is 22.5 Å². The number of aromatic nitrogens is 4. The molecule has 0 fully saturated rings. The number of aryl methyl sites for hydroxylation is 1. The van der Waals surface area contributed by atoms with Crippen molar-refractivity contribution in [1.82, 2.24) is 19.5 Å². The molecule has 0 saturated carbocycles. The van der Waals surface area contributed by atoms with Crippen LogP contribution in [-0.4, -0.2) is 19.5 Å². The standard InChI is InChI=1S/C22H19FN4/c1-13-14(2)17(23)7-6-16(13)21-22(27-11-3-4-20(27)26-21)15-5-8-18-19(12-15)25-10-9-24-18/h5-10,12H,3-4,11H2,1-2H3. The highest BCUT2D eigenvalue weighted by Crippen LogP contribution is 2.38. The predicted molar refractivity (Wildman–Crippen MR) is 104 cm³/mol. The summed E-state index contributed by atoms with van der Waals surface area (Å²) in [5, 5.41) is 0. The molecule has 4 aromatic rings. The molecule has 0 atom stereocenters. The second kappa shape index (κ2) is 5.98. The van der Waals surface area contributed by atoms with E-state index in [-0.39, 0.29) is 5.82 Å². The van der Waals surface area contributed by atoms with Crippen molar-refractivity contribution in [3.63, 3.8) is 0 Å². The summed E-state index contributed by atoms with van der Waals surface area (Å²) < 4.78 is 16.3. The summed E-state index contributed by atoms with van der Waals surface area (Å²) in [7, 11) is 0. The van der Waals surface area contributed by atoms with E-state index < -0.39 is 0 Å². The molecule has 0 radical (unpaired) electrons. The second-order valence-corrected chi connectivity index (χ2v) is 7.09. The average Bonchev–Trinajstić information content (AvgIpc) is 3.27. The summed E-state index contributed by atoms with van der Waals surface area (Å²) in [6, 6.07) is 9.53. The van der Waals surface area contributed by atoms with Gasteiger partial charge in [-0.2, -0.15) is 0 Å². The summed E-state index contributed by atoms with van der Waals surface area (Å²) in [4.78, 5) is 13.8. The van der Waals surface area contributed by atoms with E-state index in [1.54, 1.807) is 12.4 Å². The monoisotopic (exact) mass is 358 g/mol. The number of hydrogen-bond donors (Lipinski definition) is 0. The maximum Gasteiger partial charge on any atom is 0.126 e. The molecule has 0 spiro atoms. The molecular formula is C22H19FN4. The molecule has 5 rings (SSSR count). The fourth-order valence-electron chi connectivity index (χ4n) is 3.96. The first kappa shape index (κ1) is 16.1. The zero-order valence-electron chi connectivity index (χ0n) is 15.3. The summed E-state index contributed by atoms with van der Waals surface area (Å²) >= 11 is 0. The van der Waals surface area contributed by atoms with Crippen LogP contribution in [0.25, 0.3) is 33.5 Å². The summed E-state index contributed by atoms with van der Waals surface area (Å²) in [5.74, 6) is 0.922. The third-order valence-corrected chi connectivity index (χ3v) is 5.55. The molecule has 1 aliphatic heterocycles. The molecule has 134 valence electrons. The number of benzene rings is 2. The number of halogens is 1. The largest absolute Gasteiger partial charge is 0.327 e. The number of nitrogens with zero attached hydrogens (tertiary/aromatic N) is 4. The lowest BCUT2D eigenvalue weighted by Crippen LogP contribution is -1.98. The Kier molecular flexibility index (Phi) is 3.57. The Morgan fingerprint density at radius 3 is 2.63 bits per heavy atom. The minimum absolute atomic E-state index is 0.175. The highest BCUT2D eigenvalue weighted by Gasteiger charge is 2.24. The molecule has 2 aromatic heterocycles. The van der Waals surface area contributed by atoms with Gasteiger partial charge in [-0.25, -0.2) is 9.37 Å². The van der Waals surface area contributed by atoms with E-state index >= 15 is 0 Å². The molecule has 1 aliphatic rings. The van der Waals surface area contributed by atoms with Crippen LogP contribution in [0.5, 0.6) is 0 Å². The van der Waals surface area contributed by atoms with E-state index in [2.05, 4.69) is 26.7 Å². The minimum atomic E-state index is -0.175. The summed E-state index contributed by atoms with van der Waals surface area (Å²) in [5.41, 5.74) is 7.42. The molecule has 27 heavy (non-hydrogen) atoms. The zero-order valence-corrected chi connectivity index (χ0v) is 15.3. The number of fused-ring (bicyclic) bond motifs is 2. The average molecular weight is 358 g/mol. The van der Waals surface area contributed by atoms with Gasteiger partial charge in [0.15, 0.2) is 0 Å². The van der Waals surface area contributed by atoms with Crippen LogP contribution in [0.15, 0.2) is 42.7 Å². The fraction of sp³-hybridized carbons (Fsp3) is 0.227. The van der Waals surface area contributed by atoms with Crippen molar-refractivity contribution < 1.29 is 4.39 Å². The van der Waals surface area contributed by atoms with Gasteiger partial charge in [0.25, 0.3) is 0 Å². The van der Waals surface area contributed by atoms with Crippen molar-refractivity contribution in [3.05, 3.63) is 65.5 Å². The molecular weight excluding hydrogens is 339 g/mol. The molecule has 0 amide bonds. The van der Waals surface area contributed by atoms with E-state index in [0.717, 1.165) is 64.3 Å². The molecule has 5 heteroatoms. The lowest BCUT2D eigenvalue weighted by atomic mass is 9.97. The molecule has 0 aliphatic carbocycles. The van der Waals surface area contributed by atoms with E-state index in [4.69, 9.17) is 4.98 Å². The van der Waals surface area contributed by atoms with Gasteiger partial charge < -0.3 is 4.57 Å².